The van der Waals surface area contributed by atoms with Crippen molar-refractivity contribution in [3.63, 3.8) is 0 Å². The number of thiazole rings is 1. The monoisotopic (exact) mass is 265 g/mol. The van der Waals surface area contributed by atoms with Gasteiger partial charge < -0.3 is 0 Å². The highest BCUT2D eigenvalue weighted by Gasteiger charge is 2.14. The van der Waals surface area contributed by atoms with Gasteiger partial charge in [-0.05, 0) is 25.0 Å². The lowest BCUT2D eigenvalue weighted by Crippen LogP contribution is -2.15. The second-order valence-corrected chi connectivity index (χ2v) is 5.23. The number of halogens is 1. The van der Waals surface area contributed by atoms with E-state index in [-0.39, 0.29) is 10.7 Å². The average Bonchev–Trinajstić information content (AvgIpc) is 2.70. The number of benzene rings is 1. The molecule has 0 N–H and O–H groups in total. The van der Waals surface area contributed by atoms with Gasteiger partial charge in [-0.2, -0.15) is 0 Å². The van der Waals surface area contributed by atoms with E-state index in [1.54, 1.807) is 0 Å². The molecule has 17 heavy (non-hydrogen) atoms. The lowest BCUT2D eigenvalue weighted by molar-refractivity contribution is 0.970. The van der Waals surface area contributed by atoms with Gasteiger partial charge in [0.25, 0.3) is 5.56 Å². The van der Waals surface area contributed by atoms with Crippen LogP contribution in [-0.2, 0) is 0 Å². The van der Waals surface area contributed by atoms with Crippen LogP contribution in [0, 0.1) is 13.8 Å². The summed E-state index contributed by atoms with van der Waals surface area (Å²) in [6.07, 6.45) is 0. The Morgan fingerprint density at radius 2 is 1.94 bits per heavy atom. The molecule has 3 aromatic rings. The van der Waals surface area contributed by atoms with Gasteiger partial charge in [-0.25, -0.2) is 4.40 Å². The summed E-state index contributed by atoms with van der Waals surface area (Å²) in [7, 11) is 0. The van der Waals surface area contributed by atoms with Gasteiger partial charge in [-0.15, -0.1) is 10.2 Å². The van der Waals surface area contributed by atoms with Gasteiger partial charge in [0, 0.05) is 0 Å². The van der Waals surface area contributed by atoms with Gasteiger partial charge >= 0.3 is 0 Å². The summed E-state index contributed by atoms with van der Waals surface area (Å²) in [5, 5.41) is 7.52. The molecular formula is C11H8ClN3OS. The first kappa shape index (κ1) is 10.7. The maximum atomic E-state index is 12.0. The molecule has 0 amide bonds. The second-order valence-electron chi connectivity index (χ2n) is 3.89. The quantitative estimate of drug-likeness (QED) is 0.628. The van der Waals surface area contributed by atoms with Crippen LogP contribution in [0.4, 0.5) is 0 Å². The molecule has 2 heterocycles. The Kier molecular flexibility index (Phi) is 2.21. The molecule has 0 atom stereocenters. The summed E-state index contributed by atoms with van der Waals surface area (Å²) < 4.78 is 2.59. The third kappa shape index (κ3) is 1.39. The topological polar surface area (TPSA) is 47.3 Å². The van der Waals surface area contributed by atoms with Crippen LogP contribution in [0.15, 0.2) is 16.9 Å². The molecule has 0 saturated heterocycles. The molecule has 86 valence electrons. The van der Waals surface area contributed by atoms with Gasteiger partial charge in [-0.1, -0.05) is 35.1 Å². The molecule has 4 nitrogen and oxygen atoms in total. The van der Waals surface area contributed by atoms with Crippen LogP contribution in [0.2, 0.25) is 5.15 Å². The zero-order valence-electron chi connectivity index (χ0n) is 9.19. The van der Waals surface area contributed by atoms with E-state index in [0.29, 0.717) is 4.96 Å². The predicted molar refractivity (Wildman–Crippen MR) is 69.1 cm³/mol. The maximum Gasteiger partial charge on any atom is 0.297 e. The molecule has 0 aliphatic heterocycles. The van der Waals surface area contributed by atoms with E-state index in [1.165, 1.54) is 15.7 Å². The standard InChI is InChI=1S/C11H8ClN3OS/c1-5-3-4-6(2)8-7(5)15-10(16)9(12)13-14-11(15)17-8/h3-4H,1-2H3. The summed E-state index contributed by atoms with van der Waals surface area (Å²) in [5.74, 6) is 0. The molecule has 6 heteroatoms. The van der Waals surface area contributed by atoms with Crippen molar-refractivity contribution in [1.82, 2.24) is 14.6 Å². The molecule has 3 rings (SSSR count). The third-order valence-electron chi connectivity index (χ3n) is 2.74. The van der Waals surface area contributed by atoms with Crippen LogP contribution in [0.25, 0.3) is 15.2 Å². The first-order chi connectivity index (χ1) is 8.09. The minimum atomic E-state index is -0.309. The highest BCUT2D eigenvalue weighted by atomic mass is 35.5. The van der Waals surface area contributed by atoms with Crippen LogP contribution in [0.5, 0.6) is 0 Å². The summed E-state index contributed by atoms with van der Waals surface area (Å²) in [6.45, 7) is 3.98. The summed E-state index contributed by atoms with van der Waals surface area (Å²) in [6, 6.07) is 4.03. The van der Waals surface area contributed by atoms with E-state index in [9.17, 15) is 4.79 Å². The fourth-order valence-electron chi connectivity index (χ4n) is 1.89. The Hall–Kier alpha value is -1.46. The van der Waals surface area contributed by atoms with Crippen molar-refractivity contribution in [2.75, 3.05) is 0 Å². The van der Waals surface area contributed by atoms with E-state index < -0.39 is 0 Å². The van der Waals surface area contributed by atoms with Crippen molar-refractivity contribution in [3.05, 3.63) is 38.8 Å². The van der Waals surface area contributed by atoms with Gasteiger partial charge in [-0.3, -0.25) is 4.79 Å². The molecular weight excluding hydrogens is 258 g/mol. The number of nitrogens with zero attached hydrogens (tertiary/aromatic N) is 3. The molecule has 0 fully saturated rings. The van der Waals surface area contributed by atoms with Crippen molar-refractivity contribution >= 4 is 38.1 Å². The number of rotatable bonds is 0. The number of aryl methyl sites for hydroxylation is 2. The highest BCUT2D eigenvalue weighted by Crippen LogP contribution is 2.29. The summed E-state index contributed by atoms with van der Waals surface area (Å²) in [4.78, 5) is 12.6. The minimum absolute atomic E-state index is 0.0943. The normalized spacial score (nSPS) is 11.5. The Morgan fingerprint density at radius 3 is 2.71 bits per heavy atom. The number of hydrogen-bond donors (Lipinski definition) is 0. The molecule has 0 bridgehead atoms. The fraction of sp³-hybridized carbons (Fsp3) is 0.182. The zero-order valence-corrected chi connectivity index (χ0v) is 10.8. The summed E-state index contributed by atoms with van der Waals surface area (Å²) >= 11 is 7.19. The van der Waals surface area contributed by atoms with Gasteiger partial charge in [0.05, 0.1) is 10.2 Å². The van der Waals surface area contributed by atoms with Crippen LogP contribution < -0.4 is 5.56 Å². The molecule has 0 aliphatic rings. The van der Waals surface area contributed by atoms with Crippen molar-refractivity contribution in [1.29, 1.82) is 0 Å². The molecule has 0 unspecified atom stereocenters. The maximum absolute atomic E-state index is 12.0. The Morgan fingerprint density at radius 1 is 1.24 bits per heavy atom. The first-order valence-electron chi connectivity index (χ1n) is 5.03. The zero-order chi connectivity index (χ0) is 12.2. The summed E-state index contributed by atoms with van der Waals surface area (Å²) in [5.41, 5.74) is 2.73. The van der Waals surface area contributed by atoms with Gasteiger partial charge in [0.15, 0.2) is 0 Å². The SMILES string of the molecule is Cc1ccc(C)c2c1sc1nnc(Cl)c(=O)n12. The van der Waals surface area contributed by atoms with E-state index >= 15 is 0 Å². The van der Waals surface area contributed by atoms with Crippen LogP contribution in [-0.4, -0.2) is 14.6 Å². The molecule has 0 spiro atoms. The molecule has 2 aromatic heterocycles. The van der Waals surface area contributed by atoms with E-state index in [2.05, 4.69) is 10.2 Å². The Balaban J connectivity index is 2.72. The van der Waals surface area contributed by atoms with Crippen LogP contribution >= 0.6 is 22.9 Å². The molecule has 0 saturated carbocycles. The number of hydrogen-bond acceptors (Lipinski definition) is 4. The van der Waals surface area contributed by atoms with E-state index in [4.69, 9.17) is 11.6 Å². The average molecular weight is 266 g/mol. The second kappa shape index (κ2) is 3.51. The van der Waals surface area contributed by atoms with E-state index in [1.807, 2.05) is 26.0 Å². The van der Waals surface area contributed by atoms with Crippen molar-refractivity contribution < 1.29 is 0 Å². The lowest BCUT2D eigenvalue weighted by atomic mass is 10.1. The predicted octanol–water partition coefficient (Wildman–Crippen LogP) is 2.57. The van der Waals surface area contributed by atoms with Crippen LogP contribution in [0.1, 0.15) is 11.1 Å². The van der Waals surface area contributed by atoms with Crippen LogP contribution in [0.3, 0.4) is 0 Å². The van der Waals surface area contributed by atoms with Crippen molar-refractivity contribution in [2.45, 2.75) is 13.8 Å². The molecule has 0 aliphatic carbocycles. The molecule has 0 radical (unpaired) electrons. The first-order valence-corrected chi connectivity index (χ1v) is 6.22. The van der Waals surface area contributed by atoms with Gasteiger partial charge in [0.1, 0.15) is 0 Å². The smallest absolute Gasteiger partial charge is 0.265 e. The number of fused-ring (bicyclic) bond motifs is 3. The highest BCUT2D eigenvalue weighted by molar-refractivity contribution is 7.23. The fourth-order valence-corrected chi connectivity index (χ4v) is 3.12. The van der Waals surface area contributed by atoms with Gasteiger partial charge in [0.2, 0.25) is 10.1 Å². The minimum Gasteiger partial charge on any atom is -0.265 e. The third-order valence-corrected chi connectivity index (χ3v) is 4.14. The van der Waals surface area contributed by atoms with Crippen molar-refractivity contribution in [2.24, 2.45) is 0 Å². The van der Waals surface area contributed by atoms with E-state index in [0.717, 1.165) is 21.3 Å². The lowest BCUT2D eigenvalue weighted by Gasteiger charge is -2.00. The Labute approximate surface area is 105 Å². The molecule has 1 aromatic carbocycles. The van der Waals surface area contributed by atoms with Crippen molar-refractivity contribution in [3.8, 4) is 0 Å². The largest absolute Gasteiger partial charge is 0.297 e. The number of aromatic nitrogens is 3. The Bertz CT molecular complexity index is 806.